The summed E-state index contributed by atoms with van der Waals surface area (Å²) in [5.41, 5.74) is 5.77. The first kappa shape index (κ1) is 11.7. The van der Waals surface area contributed by atoms with Gasteiger partial charge in [0.2, 0.25) is 5.91 Å². The van der Waals surface area contributed by atoms with Crippen LogP contribution in [0, 0.1) is 0 Å². The molecule has 0 heterocycles. The number of carbonyl (C=O) groups is 1. The summed E-state index contributed by atoms with van der Waals surface area (Å²) in [6.45, 7) is 1.96. The molecule has 0 saturated heterocycles. The van der Waals surface area contributed by atoms with Gasteiger partial charge in [-0.3, -0.25) is 4.79 Å². The van der Waals surface area contributed by atoms with Crippen LogP contribution in [0.4, 0.5) is 0 Å². The molecule has 1 atom stereocenters. The van der Waals surface area contributed by atoms with Crippen LogP contribution < -0.4 is 5.73 Å². The average Bonchev–Trinajstić information content (AvgIpc) is 2.27. The lowest BCUT2D eigenvalue weighted by Gasteiger charge is -2.28. The molecule has 0 fully saturated rings. The van der Waals surface area contributed by atoms with E-state index in [1.54, 1.807) is 7.11 Å². The van der Waals surface area contributed by atoms with E-state index in [0.29, 0.717) is 12.8 Å². The van der Waals surface area contributed by atoms with Gasteiger partial charge in [0.05, 0.1) is 5.60 Å². The number of benzene rings is 1. The molecule has 15 heavy (non-hydrogen) atoms. The summed E-state index contributed by atoms with van der Waals surface area (Å²) >= 11 is 0. The zero-order valence-corrected chi connectivity index (χ0v) is 9.19. The lowest BCUT2D eigenvalue weighted by atomic mass is 9.91. The molecule has 0 saturated carbocycles. The summed E-state index contributed by atoms with van der Waals surface area (Å²) in [4.78, 5) is 10.8. The maximum absolute atomic E-state index is 10.8. The molecule has 82 valence electrons. The smallest absolute Gasteiger partial charge is 0.217 e. The normalized spacial score (nSPS) is 14.5. The second kappa shape index (κ2) is 4.94. The maximum atomic E-state index is 10.8. The van der Waals surface area contributed by atoms with Gasteiger partial charge in [0.25, 0.3) is 0 Å². The number of ether oxygens (including phenoxy) is 1. The second-order valence-electron chi connectivity index (χ2n) is 3.77. The van der Waals surface area contributed by atoms with E-state index in [1.165, 1.54) is 0 Å². The largest absolute Gasteiger partial charge is 0.374 e. The third kappa shape index (κ3) is 3.06. The van der Waals surface area contributed by atoms with Gasteiger partial charge in [-0.25, -0.2) is 0 Å². The Morgan fingerprint density at radius 3 is 2.47 bits per heavy atom. The molecule has 0 radical (unpaired) electrons. The highest BCUT2D eigenvalue weighted by Gasteiger charge is 2.26. The predicted molar refractivity (Wildman–Crippen MR) is 59.2 cm³/mol. The molecular formula is C12H17NO2. The maximum Gasteiger partial charge on any atom is 0.217 e. The number of hydrogen-bond acceptors (Lipinski definition) is 2. The Morgan fingerprint density at radius 1 is 1.40 bits per heavy atom. The van der Waals surface area contributed by atoms with Gasteiger partial charge in [0.1, 0.15) is 0 Å². The molecule has 0 aliphatic carbocycles. The summed E-state index contributed by atoms with van der Waals surface area (Å²) < 4.78 is 5.47. The Hall–Kier alpha value is -1.35. The van der Waals surface area contributed by atoms with Crippen LogP contribution in [0.3, 0.4) is 0 Å². The van der Waals surface area contributed by atoms with E-state index in [2.05, 4.69) is 0 Å². The SMILES string of the molecule is COC(C)(CCC(N)=O)c1ccccc1. The van der Waals surface area contributed by atoms with E-state index < -0.39 is 5.60 Å². The molecule has 3 heteroatoms. The molecule has 0 aromatic heterocycles. The molecule has 0 bridgehead atoms. The number of nitrogens with two attached hydrogens (primary N) is 1. The van der Waals surface area contributed by atoms with Gasteiger partial charge in [0.15, 0.2) is 0 Å². The first-order valence-corrected chi connectivity index (χ1v) is 4.97. The summed E-state index contributed by atoms with van der Waals surface area (Å²) in [6.07, 6.45) is 0.933. The van der Waals surface area contributed by atoms with Crippen molar-refractivity contribution in [3.63, 3.8) is 0 Å². The van der Waals surface area contributed by atoms with Gasteiger partial charge in [-0.05, 0) is 18.9 Å². The van der Waals surface area contributed by atoms with Crippen LogP contribution >= 0.6 is 0 Å². The quantitative estimate of drug-likeness (QED) is 0.800. The van der Waals surface area contributed by atoms with Crippen molar-refractivity contribution in [1.29, 1.82) is 0 Å². The van der Waals surface area contributed by atoms with E-state index in [4.69, 9.17) is 10.5 Å². The molecule has 1 aromatic rings. The summed E-state index contributed by atoms with van der Waals surface area (Å²) in [7, 11) is 1.65. The third-order valence-corrected chi connectivity index (χ3v) is 2.68. The summed E-state index contributed by atoms with van der Waals surface area (Å²) in [5, 5.41) is 0. The van der Waals surface area contributed by atoms with Crippen LogP contribution in [0.1, 0.15) is 25.3 Å². The molecule has 1 amide bonds. The monoisotopic (exact) mass is 207 g/mol. The molecule has 0 aliphatic rings. The number of rotatable bonds is 5. The molecule has 0 spiro atoms. The highest BCUT2D eigenvalue weighted by Crippen LogP contribution is 2.29. The topological polar surface area (TPSA) is 52.3 Å². The number of methoxy groups -OCH3 is 1. The zero-order valence-electron chi connectivity index (χ0n) is 9.19. The van der Waals surface area contributed by atoms with Gasteiger partial charge in [-0.2, -0.15) is 0 Å². The first-order valence-electron chi connectivity index (χ1n) is 4.97. The minimum absolute atomic E-state index is 0.297. The average molecular weight is 207 g/mol. The van der Waals surface area contributed by atoms with Crippen LogP contribution in [-0.2, 0) is 15.1 Å². The van der Waals surface area contributed by atoms with Crippen LogP contribution in [0.5, 0.6) is 0 Å². The lowest BCUT2D eigenvalue weighted by molar-refractivity contribution is -0.119. The van der Waals surface area contributed by atoms with Gasteiger partial charge >= 0.3 is 0 Å². The molecule has 1 aromatic carbocycles. The van der Waals surface area contributed by atoms with Crippen molar-refractivity contribution in [2.24, 2.45) is 5.73 Å². The summed E-state index contributed by atoms with van der Waals surface area (Å²) in [5.74, 6) is -0.297. The Morgan fingerprint density at radius 2 is 2.00 bits per heavy atom. The lowest BCUT2D eigenvalue weighted by Crippen LogP contribution is -2.26. The highest BCUT2D eigenvalue weighted by molar-refractivity contribution is 5.73. The highest BCUT2D eigenvalue weighted by atomic mass is 16.5. The van der Waals surface area contributed by atoms with Crippen LogP contribution in [0.15, 0.2) is 30.3 Å². The van der Waals surface area contributed by atoms with E-state index >= 15 is 0 Å². The van der Waals surface area contributed by atoms with Crippen LogP contribution in [-0.4, -0.2) is 13.0 Å². The Bertz CT molecular complexity index is 324. The van der Waals surface area contributed by atoms with Crippen molar-refractivity contribution < 1.29 is 9.53 Å². The number of amides is 1. The summed E-state index contributed by atoms with van der Waals surface area (Å²) in [6, 6.07) is 9.84. The molecule has 1 rings (SSSR count). The Kier molecular flexibility index (Phi) is 3.86. The fourth-order valence-electron chi connectivity index (χ4n) is 1.52. The van der Waals surface area contributed by atoms with E-state index in [9.17, 15) is 4.79 Å². The van der Waals surface area contributed by atoms with Crippen molar-refractivity contribution in [2.75, 3.05) is 7.11 Å². The van der Waals surface area contributed by atoms with Crippen LogP contribution in [0.2, 0.25) is 0 Å². The van der Waals surface area contributed by atoms with Crippen molar-refractivity contribution in [2.45, 2.75) is 25.4 Å². The first-order chi connectivity index (χ1) is 7.08. The van der Waals surface area contributed by atoms with Gasteiger partial charge in [-0.15, -0.1) is 0 Å². The van der Waals surface area contributed by atoms with Crippen molar-refractivity contribution in [3.05, 3.63) is 35.9 Å². The minimum atomic E-state index is -0.434. The number of carbonyl (C=O) groups excluding carboxylic acids is 1. The second-order valence-corrected chi connectivity index (χ2v) is 3.77. The fourth-order valence-corrected chi connectivity index (χ4v) is 1.52. The molecule has 3 nitrogen and oxygen atoms in total. The van der Waals surface area contributed by atoms with Gasteiger partial charge < -0.3 is 10.5 Å². The minimum Gasteiger partial charge on any atom is -0.374 e. The molecule has 2 N–H and O–H groups in total. The number of primary amides is 1. The molecule has 1 unspecified atom stereocenters. The van der Waals surface area contributed by atoms with E-state index in [0.717, 1.165) is 5.56 Å². The molecule has 0 aliphatic heterocycles. The standard InChI is InChI=1S/C12H17NO2/c1-12(15-2,9-8-11(13)14)10-6-4-3-5-7-10/h3-7H,8-9H2,1-2H3,(H2,13,14). The number of hydrogen-bond donors (Lipinski definition) is 1. The Balaban J connectivity index is 2.80. The predicted octanol–water partition coefficient (Wildman–Crippen LogP) is 1.81. The third-order valence-electron chi connectivity index (χ3n) is 2.68. The van der Waals surface area contributed by atoms with Crippen molar-refractivity contribution in [3.8, 4) is 0 Å². The van der Waals surface area contributed by atoms with Gasteiger partial charge in [-0.1, -0.05) is 30.3 Å². The zero-order chi connectivity index (χ0) is 11.3. The van der Waals surface area contributed by atoms with Crippen molar-refractivity contribution >= 4 is 5.91 Å². The van der Waals surface area contributed by atoms with Crippen molar-refractivity contribution in [1.82, 2.24) is 0 Å². The van der Waals surface area contributed by atoms with Crippen LogP contribution in [0.25, 0.3) is 0 Å². The fraction of sp³-hybridized carbons (Fsp3) is 0.417. The van der Waals surface area contributed by atoms with E-state index in [-0.39, 0.29) is 5.91 Å². The van der Waals surface area contributed by atoms with Gasteiger partial charge in [0, 0.05) is 13.5 Å². The van der Waals surface area contributed by atoms with E-state index in [1.807, 2.05) is 37.3 Å². The Labute approximate surface area is 90.2 Å². The molecular weight excluding hydrogens is 190 g/mol.